The molecule has 1 atom stereocenters. The quantitative estimate of drug-likeness (QED) is 0.812. The number of benzene rings is 1. The van der Waals surface area contributed by atoms with E-state index >= 15 is 0 Å². The highest BCUT2D eigenvalue weighted by Gasteiger charge is 2.30. The van der Waals surface area contributed by atoms with Crippen molar-refractivity contribution < 1.29 is 9.53 Å². The van der Waals surface area contributed by atoms with Crippen LogP contribution in [0.1, 0.15) is 22.3 Å². The number of carbonyl (C=O) groups is 1. The molecular weight excluding hydrogens is 226 g/mol. The van der Waals surface area contributed by atoms with Crippen molar-refractivity contribution >= 4 is 5.78 Å². The first-order valence-electron chi connectivity index (χ1n) is 6.77. The van der Waals surface area contributed by atoms with Gasteiger partial charge in [0, 0.05) is 24.6 Å². The normalized spacial score (nSPS) is 24.2. The van der Waals surface area contributed by atoms with Crippen molar-refractivity contribution in [3.8, 4) is 0 Å². The molecule has 1 saturated heterocycles. The zero-order chi connectivity index (χ0) is 12.4. The van der Waals surface area contributed by atoms with Gasteiger partial charge in [-0.25, -0.2) is 0 Å². The summed E-state index contributed by atoms with van der Waals surface area (Å²) in [5.41, 5.74) is 2.18. The Labute approximate surface area is 108 Å². The van der Waals surface area contributed by atoms with E-state index in [0.717, 1.165) is 51.3 Å². The predicted molar refractivity (Wildman–Crippen MR) is 69.8 cm³/mol. The molecule has 1 aliphatic heterocycles. The highest BCUT2D eigenvalue weighted by Crippen LogP contribution is 2.28. The molecule has 3 heteroatoms. The topological polar surface area (TPSA) is 29.5 Å². The van der Waals surface area contributed by atoms with Crippen LogP contribution in [0.15, 0.2) is 24.3 Å². The molecule has 0 N–H and O–H groups in total. The van der Waals surface area contributed by atoms with E-state index in [1.165, 1.54) is 5.56 Å². The van der Waals surface area contributed by atoms with Crippen molar-refractivity contribution in [2.45, 2.75) is 12.8 Å². The van der Waals surface area contributed by atoms with Gasteiger partial charge in [0.25, 0.3) is 0 Å². The van der Waals surface area contributed by atoms with E-state index in [2.05, 4.69) is 11.0 Å². The maximum absolute atomic E-state index is 12.2. The summed E-state index contributed by atoms with van der Waals surface area (Å²) >= 11 is 0. The van der Waals surface area contributed by atoms with Gasteiger partial charge in [0.15, 0.2) is 5.78 Å². The van der Waals surface area contributed by atoms with E-state index < -0.39 is 0 Å². The van der Waals surface area contributed by atoms with Crippen molar-refractivity contribution in [1.82, 2.24) is 4.90 Å². The highest BCUT2D eigenvalue weighted by atomic mass is 16.5. The average Bonchev–Trinajstić information content (AvgIpc) is 2.75. The van der Waals surface area contributed by atoms with E-state index in [1.807, 2.05) is 18.2 Å². The van der Waals surface area contributed by atoms with Gasteiger partial charge in [-0.1, -0.05) is 24.3 Å². The van der Waals surface area contributed by atoms with Crippen LogP contribution >= 0.6 is 0 Å². The molecule has 3 nitrogen and oxygen atoms in total. The van der Waals surface area contributed by atoms with Crippen LogP contribution in [0, 0.1) is 5.92 Å². The largest absolute Gasteiger partial charge is 0.379 e. The van der Waals surface area contributed by atoms with Crippen molar-refractivity contribution in [3.05, 3.63) is 35.4 Å². The van der Waals surface area contributed by atoms with Crippen LogP contribution in [0.25, 0.3) is 0 Å². The van der Waals surface area contributed by atoms with Crippen LogP contribution in [-0.2, 0) is 11.2 Å². The number of ether oxygens (including phenoxy) is 1. The minimum atomic E-state index is 0.199. The number of carbonyl (C=O) groups excluding carboxylic acids is 1. The number of hydrogen-bond donors (Lipinski definition) is 0. The lowest BCUT2D eigenvalue weighted by molar-refractivity contribution is 0.0354. The van der Waals surface area contributed by atoms with Crippen molar-refractivity contribution in [3.63, 3.8) is 0 Å². The summed E-state index contributed by atoms with van der Waals surface area (Å²) in [4.78, 5) is 14.6. The van der Waals surface area contributed by atoms with Gasteiger partial charge in [0.2, 0.25) is 0 Å². The molecule has 96 valence electrons. The molecule has 1 aromatic rings. The van der Waals surface area contributed by atoms with Gasteiger partial charge in [-0.05, 0) is 24.9 Å². The first-order chi connectivity index (χ1) is 8.84. The maximum atomic E-state index is 12.2. The van der Waals surface area contributed by atoms with E-state index in [9.17, 15) is 4.79 Å². The summed E-state index contributed by atoms with van der Waals surface area (Å²) in [6.45, 7) is 4.70. The highest BCUT2D eigenvalue weighted by molar-refractivity contribution is 6.02. The predicted octanol–water partition coefficient (Wildman–Crippen LogP) is 1.76. The van der Waals surface area contributed by atoms with Crippen molar-refractivity contribution in [2.75, 3.05) is 32.8 Å². The number of rotatable bonds is 3. The van der Waals surface area contributed by atoms with Crippen LogP contribution in [0.5, 0.6) is 0 Å². The second kappa shape index (κ2) is 5.21. The summed E-state index contributed by atoms with van der Waals surface area (Å²) in [6, 6.07) is 8.03. The van der Waals surface area contributed by atoms with E-state index in [0.29, 0.717) is 5.78 Å². The molecular formula is C15H19NO2. The lowest BCUT2D eigenvalue weighted by Gasteiger charge is -2.27. The molecule has 1 fully saturated rings. The SMILES string of the molecule is O=C1c2ccccc2C[C@H]1CCN1CCOCC1. The molecule has 3 rings (SSSR count). The third-order valence-electron chi connectivity index (χ3n) is 4.02. The zero-order valence-electron chi connectivity index (χ0n) is 10.6. The van der Waals surface area contributed by atoms with Crippen LogP contribution in [0.4, 0.5) is 0 Å². The van der Waals surface area contributed by atoms with Crippen molar-refractivity contribution in [1.29, 1.82) is 0 Å². The molecule has 1 aliphatic carbocycles. The molecule has 0 bridgehead atoms. The third kappa shape index (κ3) is 2.33. The van der Waals surface area contributed by atoms with E-state index in [1.54, 1.807) is 0 Å². The molecule has 2 aliphatic rings. The lowest BCUT2D eigenvalue weighted by Crippen LogP contribution is -2.37. The Hall–Kier alpha value is -1.19. The van der Waals surface area contributed by atoms with Gasteiger partial charge < -0.3 is 4.74 Å². The Kier molecular flexibility index (Phi) is 3.43. The van der Waals surface area contributed by atoms with Crippen LogP contribution in [0.3, 0.4) is 0 Å². The molecule has 0 amide bonds. The molecule has 0 spiro atoms. The van der Waals surface area contributed by atoms with Gasteiger partial charge in [-0.15, -0.1) is 0 Å². The number of Topliss-reactive ketones (excluding diaryl/α,β-unsaturated/α-hetero) is 1. The first-order valence-corrected chi connectivity index (χ1v) is 6.77. The molecule has 0 unspecified atom stereocenters. The molecule has 18 heavy (non-hydrogen) atoms. The number of hydrogen-bond acceptors (Lipinski definition) is 3. The first kappa shape index (κ1) is 11.9. The Morgan fingerprint density at radius 1 is 1.22 bits per heavy atom. The van der Waals surface area contributed by atoms with Gasteiger partial charge >= 0.3 is 0 Å². The number of nitrogens with zero attached hydrogens (tertiary/aromatic N) is 1. The van der Waals surface area contributed by atoms with Crippen LogP contribution < -0.4 is 0 Å². The second-order valence-corrected chi connectivity index (χ2v) is 5.17. The van der Waals surface area contributed by atoms with E-state index in [4.69, 9.17) is 4.74 Å². The Balaban J connectivity index is 1.57. The minimum Gasteiger partial charge on any atom is -0.379 e. The Bertz CT molecular complexity index is 438. The monoisotopic (exact) mass is 245 g/mol. The van der Waals surface area contributed by atoms with Crippen molar-refractivity contribution in [2.24, 2.45) is 5.92 Å². The fraction of sp³-hybridized carbons (Fsp3) is 0.533. The smallest absolute Gasteiger partial charge is 0.166 e. The summed E-state index contributed by atoms with van der Waals surface area (Å²) in [5.74, 6) is 0.545. The average molecular weight is 245 g/mol. The molecule has 0 radical (unpaired) electrons. The van der Waals surface area contributed by atoms with Gasteiger partial charge in [0.1, 0.15) is 0 Å². The van der Waals surface area contributed by atoms with Gasteiger partial charge in [0.05, 0.1) is 13.2 Å². The molecule has 1 aromatic carbocycles. The maximum Gasteiger partial charge on any atom is 0.166 e. The molecule has 1 heterocycles. The summed E-state index contributed by atoms with van der Waals surface area (Å²) in [5, 5.41) is 0. The Morgan fingerprint density at radius 3 is 2.78 bits per heavy atom. The fourth-order valence-corrected chi connectivity index (χ4v) is 2.91. The Morgan fingerprint density at radius 2 is 2.00 bits per heavy atom. The second-order valence-electron chi connectivity index (χ2n) is 5.17. The number of morpholine rings is 1. The van der Waals surface area contributed by atoms with Gasteiger partial charge in [-0.2, -0.15) is 0 Å². The summed E-state index contributed by atoms with van der Waals surface area (Å²) in [6.07, 6.45) is 1.91. The number of fused-ring (bicyclic) bond motifs is 1. The van der Waals surface area contributed by atoms with E-state index in [-0.39, 0.29) is 5.92 Å². The lowest BCUT2D eigenvalue weighted by atomic mass is 10.0. The standard InChI is InChI=1S/C15H19NO2/c17-15-13(5-6-16-7-9-18-10-8-16)11-12-3-1-2-4-14(12)15/h1-4,13H,5-11H2/t13-/m1/s1. The zero-order valence-corrected chi connectivity index (χ0v) is 10.6. The van der Waals surface area contributed by atoms with Crippen LogP contribution in [-0.4, -0.2) is 43.5 Å². The third-order valence-corrected chi connectivity index (χ3v) is 4.02. The summed E-state index contributed by atoms with van der Waals surface area (Å²) in [7, 11) is 0. The molecule has 0 aromatic heterocycles. The minimum absolute atomic E-state index is 0.199. The molecule has 0 saturated carbocycles. The summed E-state index contributed by atoms with van der Waals surface area (Å²) < 4.78 is 5.33. The van der Waals surface area contributed by atoms with Gasteiger partial charge in [-0.3, -0.25) is 9.69 Å². The van der Waals surface area contributed by atoms with Crippen LogP contribution in [0.2, 0.25) is 0 Å². The number of ketones is 1. The fourth-order valence-electron chi connectivity index (χ4n) is 2.91.